The number of hydrogen-bond acceptors (Lipinski definition) is 8. The summed E-state index contributed by atoms with van der Waals surface area (Å²) < 4.78 is 11.4. The van der Waals surface area contributed by atoms with Gasteiger partial charge in [-0.2, -0.15) is 0 Å². The molecule has 10 heteroatoms. The summed E-state index contributed by atoms with van der Waals surface area (Å²) in [5, 5.41) is 20.3. The van der Waals surface area contributed by atoms with Gasteiger partial charge in [-0.05, 0) is 49.2 Å². The fourth-order valence-electron chi connectivity index (χ4n) is 3.91. The Morgan fingerprint density at radius 2 is 2.00 bits per heavy atom. The van der Waals surface area contributed by atoms with Crippen molar-refractivity contribution in [2.45, 2.75) is 26.3 Å². The number of hydrogen-bond donors (Lipinski definition) is 1. The molecule has 0 spiro atoms. The summed E-state index contributed by atoms with van der Waals surface area (Å²) in [5.41, 5.74) is 0.645. The molecule has 1 N–H and O–H groups in total. The number of anilines is 1. The van der Waals surface area contributed by atoms with Crippen LogP contribution in [0, 0.1) is 0 Å². The predicted octanol–water partition coefficient (Wildman–Crippen LogP) is 4.71. The maximum Gasteiger partial charge on any atom is 0.297 e. The largest absolute Gasteiger partial charge is 0.504 e. The summed E-state index contributed by atoms with van der Waals surface area (Å²) >= 11 is 7.39. The Hall–Kier alpha value is -3.43. The topological polar surface area (TPSA) is 106 Å². The Labute approximate surface area is 197 Å². The van der Waals surface area contributed by atoms with Gasteiger partial charge in [0.2, 0.25) is 10.9 Å². The fraction of sp³-hybridized carbons (Fsp3) is 0.217. The molecule has 2 aromatic carbocycles. The minimum Gasteiger partial charge on any atom is -0.504 e. The van der Waals surface area contributed by atoms with Crippen LogP contribution in [-0.2, 0) is 6.42 Å². The van der Waals surface area contributed by atoms with Crippen LogP contribution in [-0.4, -0.2) is 27.8 Å². The molecule has 0 aliphatic carbocycles. The molecule has 1 aliphatic rings. The van der Waals surface area contributed by atoms with E-state index in [0.717, 1.165) is 5.01 Å². The number of aromatic hydroxyl groups is 1. The summed E-state index contributed by atoms with van der Waals surface area (Å²) in [6.07, 6.45) is 0.657. The van der Waals surface area contributed by atoms with Crippen molar-refractivity contribution in [2.75, 3.05) is 11.5 Å². The van der Waals surface area contributed by atoms with Gasteiger partial charge >= 0.3 is 0 Å². The zero-order valence-electron chi connectivity index (χ0n) is 17.7. The molecular weight excluding hydrogens is 466 g/mol. The zero-order valence-corrected chi connectivity index (χ0v) is 19.2. The van der Waals surface area contributed by atoms with Crippen LogP contribution in [0.25, 0.3) is 11.0 Å². The lowest BCUT2D eigenvalue weighted by Crippen LogP contribution is -2.29. The Bertz CT molecular complexity index is 1460. The summed E-state index contributed by atoms with van der Waals surface area (Å²) in [6, 6.07) is 8.57. The number of benzene rings is 2. The van der Waals surface area contributed by atoms with Gasteiger partial charge in [0.15, 0.2) is 16.9 Å². The summed E-state index contributed by atoms with van der Waals surface area (Å²) in [5.74, 6) is -0.346. The van der Waals surface area contributed by atoms with Gasteiger partial charge < -0.3 is 14.3 Å². The lowest BCUT2D eigenvalue weighted by Gasteiger charge is -2.22. The lowest BCUT2D eigenvalue weighted by atomic mass is 9.98. The van der Waals surface area contributed by atoms with E-state index in [4.69, 9.17) is 20.8 Å². The van der Waals surface area contributed by atoms with E-state index in [-0.39, 0.29) is 39.2 Å². The molecule has 0 saturated heterocycles. The number of halogens is 1. The SMILES string of the molecule is CCOc1cc(C2c3c(oc4ccc(Cl)cc4c3=O)C(=O)N2c2nnc(CC)s2)ccc1O. The van der Waals surface area contributed by atoms with Crippen LogP contribution in [0.5, 0.6) is 11.5 Å². The van der Waals surface area contributed by atoms with Crippen molar-refractivity contribution in [3.05, 3.63) is 73.5 Å². The lowest BCUT2D eigenvalue weighted by molar-refractivity contribution is 0.0970. The molecular formula is C23H18ClN3O5S. The number of aryl methyl sites for hydroxylation is 1. The molecule has 1 aliphatic heterocycles. The molecule has 1 atom stereocenters. The van der Waals surface area contributed by atoms with E-state index in [9.17, 15) is 14.7 Å². The third kappa shape index (κ3) is 3.44. The molecule has 0 radical (unpaired) electrons. The number of ether oxygens (including phenoxy) is 1. The van der Waals surface area contributed by atoms with Gasteiger partial charge in [0, 0.05) is 5.02 Å². The molecule has 0 saturated carbocycles. The minimum atomic E-state index is -0.843. The first-order valence-electron chi connectivity index (χ1n) is 10.3. The number of phenols is 1. The number of carbonyl (C=O) groups excluding carboxylic acids is 1. The normalized spacial score (nSPS) is 15.3. The van der Waals surface area contributed by atoms with E-state index in [1.807, 2.05) is 6.92 Å². The van der Waals surface area contributed by atoms with Gasteiger partial charge in [-0.1, -0.05) is 35.9 Å². The smallest absolute Gasteiger partial charge is 0.297 e. The van der Waals surface area contributed by atoms with Gasteiger partial charge in [0.25, 0.3) is 5.91 Å². The zero-order chi connectivity index (χ0) is 23.3. The monoisotopic (exact) mass is 483 g/mol. The van der Waals surface area contributed by atoms with Gasteiger partial charge in [0.05, 0.1) is 23.6 Å². The number of aromatic nitrogens is 2. The first-order chi connectivity index (χ1) is 15.9. The highest BCUT2D eigenvalue weighted by Crippen LogP contribution is 2.44. The standard InChI is InChI=1S/C23H18ClN3O5S/c1-3-17-25-26-23(33-17)27-19(11-5-7-14(28)16(9-11)31-4-2)18-20(29)13-10-12(24)6-8-15(13)32-21(18)22(27)30/h5-10,19,28H,3-4H2,1-2H3. The number of nitrogens with zero attached hydrogens (tertiary/aromatic N) is 3. The van der Waals surface area contributed by atoms with Crippen molar-refractivity contribution < 1.29 is 19.1 Å². The molecule has 8 nitrogen and oxygen atoms in total. The average molecular weight is 484 g/mol. The van der Waals surface area contributed by atoms with Crippen LogP contribution in [0.3, 0.4) is 0 Å². The van der Waals surface area contributed by atoms with Crippen molar-refractivity contribution in [3.8, 4) is 11.5 Å². The van der Waals surface area contributed by atoms with Crippen LogP contribution < -0.4 is 15.1 Å². The van der Waals surface area contributed by atoms with Gasteiger partial charge in [-0.15, -0.1) is 10.2 Å². The number of amides is 1. The second-order valence-corrected chi connectivity index (χ2v) is 8.86. The van der Waals surface area contributed by atoms with Crippen molar-refractivity contribution in [1.29, 1.82) is 0 Å². The maximum atomic E-state index is 13.6. The van der Waals surface area contributed by atoms with Crippen molar-refractivity contribution in [1.82, 2.24) is 10.2 Å². The first-order valence-corrected chi connectivity index (χ1v) is 11.5. The first kappa shape index (κ1) is 21.4. The molecule has 0 bridgehead atoms. The molecule has 0 fully saturated rings. The Balaban J connectivity index is 1.79. The molecule has 1 amide bonds. The average Bonchev–Trinajstić information content (AvgIpc) is 3.39. The maximum absolute atomic E-state index is 13.6. The molecule has 33 heavy (non-hydrogen) atoms. The van der Waals surface area contributed by atoms with Crippen molar-refractivity contribution >= 4 is 44.9 Å². The summed E-state index contributed by atoms with van der Waals surface area (Å²) in [4.78, 5) is 28.6. The van der Waals surface area contributed by atoms with Crippen molar-refractivity contribution in [3.63, 3.8) is 0 Å². The Morgan fingerprint density at radius 1 is 1.18 bits per heavy atom. The third-order valence-corrected chi connectivity index (χ3v) is 6.70. The third-order valence-electron chi connectivity index (χ3n) is 5.40. The van der Waals surface area contributed by atoms with Crippen LogP contribution in [0.15, 0.2) is 45.6 Å². The molecule has 168 valence electrons. The Kier molecular flexibility index (Phi) is 5.30. The van der Waals surface area contributed by atoms with Crippen LogP contribution in [0.2, 0.25) is 5.02 Å². The predicted molar refractivity (Wildman–Crippen MR) is 125 cm³/mol. The van der Waals surface area contributed by atoms with E-state index in [0.29, 0.717) is 28.7 Å². The molecule has 1 unspecified atom stereocenters. The number of carbonyl (C=O) groups is 1. The van der Waals surface area contributed by atoms with Crippen LogP contribution in [0.4, 0.5) is 5.13 Å². The number of rotatable bonds is 5. The van der Waals surface area contributed by atoms with E-state index >= 15 is 0 Å². The van der Waals surface area contributed by atoms with E-state index in [1.54, 1.807) is 31.2 Å². The molecule has 5 rings (SSSR count). The van der Waals surface area contributed by atoms with Gasteiger partial charge in [-0.3, -0.25) is 14.5 Å². The highest BCUT2D eigenvalue weighted by atomic mass is 35.5. The summed E-state index contributed by atoms with van der Waals surface area (Å²) in [7, 11) is 0. The second kappa shape index (κ2) is 8.17. The Morgan fingerprint density at radius 3 is 2.73 bits per heavy atom. The van der Waals surface area contributed by atoms with Gasteiger partial charge in [-0.25, -0.2) is 0 Å². The highest BCUT2D eigenvalue weighted by Gasteiger charge is 2.45. The van der Waals surface area contributed by atoms with E-state index < -0.39 is 11.9 Å². The molecule has 3 heterocycles. The molecule has 2 aromatic heterocycles. The number of fused-ring (bicyclic) bond motifs is 2. The van der Waals surface area contributed by atoms with Crippen molar-refractivity contribution in [2.24, 2.45) is 0 Å². The van der Waals surface area contributed by atoms with Crippen LogP contribution in [0.1, 0.15) is 46.6 Å². The quantitative estimate of drug-likeness (QED) is 0.438. The fourth-order valence-corrected chi connectivity index (χ4v) is 4.89. The van der Waals surface area contributed by atoms with E-state index in [2.05, 4.69) is 10.2 Å². The minimum absolute atomic E-state index is 0.0433. The van der Waals surface area contributed by atoms with Crippen LogP contribution >= 0.6 is 22.9 Å². The molecule has 4 aromatic rings. The highest BCUT2D eigenvalue weighted by molar-refractivity contribution is 7.15. The number of phenolic OH excluding ortho intramolecular Hbond substituents is 1. The van der Waals surface area contributed by atoms with Gasteiger partial charge in [0.1, 0.15) is 10.6 Å². The van der Waals surface area contributed by atoms with E-state index in [1.165, 1.54) is 28.4 Å². The summed E-state index contributed by atoms with van der Waals surface area (Å²) in [6.45, 7) is 4.07. The second-order valence-electron chi connectivity index (χ2n) is 7.38.